The van der Waals surface area contributed by atoms with Gasteiger partial charge in [-0.3, -0.25) is 37.3 Å². The topological polar surface area (TPSA) is 237 Å². The zero-order chi connectivity index (χ0) is 73.0. The van der Waals surface area contributed by atoms with E-state index in [1.807, 2.05) is 0 Å². The van der Waals surface area contributed by atoms with Crippen molar-refractivity contribution < 1.29 is 80.2 Å². The summed E-state index contributed by atoms with van der Waals surface area (Å²) in [6.45, 7) is 11.9. The largest absolute Gasteiger partial charge is 0.472 e. The summed E-state index contributed by atoms with van der Waals surface area (Å²) in [6.07, 6.45) is 58.9. The molecule has 17 nitrogen and oxygen atoms in total. The van der Waals surface area contributed by atoms with Crippen molar-refractivity contribution in [3.05, 3.63) is 0 Å². The summed E-state index contributed by atoms with van der Waals surface area (Å²) in [5.74, 6) is 0.255. The number of phosphoric acid groups is 2. The summed E-state index contributed by atoms with van der Waals surface area (Å²) in [5, 5.41) is 10.6. The SMILES string of the molecule is CCCCCCCC(=O)OC[C@H](COP(=O)(O)OC[C@H](O)COP(=O)(O)OC[C@@H](COC(=O)CCCCCCCCCCCCCCCCCCCCC(C)C)OC(=O)CCCCCCCCCCCCCCCCCCCCC(C)C)OC(=O)CCCCCCCCCCCC(C)C. The molecule has 0 aromatic heterocycles. The maximum atomic E-state index is 13.1. The molecule has 0 rings (SSSR count). The van der Waals surface area contributed by atoms with E-state index < -0.39 is 97.5 Å². The zero-order valence-corrected chi connectivity index (χ0v) is 66.8. The first-order chi connectivity index (χ1) is 47.7. The normalized spacial score (nSPS) is 14.0. The molecule has 2 unspecified atom stereocenters. The molecule has 0 heterocycles. The lowest BCUT2D eigenvalue weighted by Gasteiger charge is -2.21. The van der Waals surface area contributed by atoms with Crippen LogP contribution in [0.4, 0.5) is 0 Å². The van der Waals surface area contributed by atoms with Crippen LogP contribution in [0.3, 0.4) is 0 Å². The molecule has 19 heteroatoms. The first kappa shape index (κ1) is 97.1. The summed E-state index contributed by atoms with van der Waals surface area (Å²) >= 11 is 0. The van der Waals surface area contributed by atoms with E-state index in [1.165, 1.54) is 218 Å². The van der Waals surface area contributed by atoms with E-state index in [0.717, 1.165) is 114 Å². The molecule has 0 aliphatic heterocycles. The van der Waals surface area contributed by atoms with Gasteiger partial charge in [0.05, 0.1) is 26.4 Å². The summed E-state index contributed by atoms with van der Waals surface area (Å²) in [6, 6.07) is 0. The standard InChI is InChI=1S/C80H156O17P2/c1-8-9-10-44-54-61-77(82)90-67-75(96-80(85)64-57-50-43-37-31-34-40-47-53-60-73(6)7)69-94-98(86,87)92-65-74(81)66-93-99(88,89)95-70-76(97-79(84)63-56-49-42-36-30-26-22-18-14-12-16-20-24-28-33-39-46-52-59-72(4)5)68-91-78(83)62-55-48-41-35-29-25-21-17-13-11-15-19-23-27-32-38-45-51-58-71(2)3/h71-76,81H,8-70H2,1-7H3,(H,86,87)(H,88,89)/t74-,75+,76+/m0/s1. The number of carbonyl (C=O) groups excluding carboxylic acids is 4. The third-order valence-electron chi connectivity index (χ3n) is 18.6. The Labute approximate surface area is 607 Å². The molecule has 99 heavy (non-hydrogen) atoms. The van der Waals surface area contributed by atoms with Crippen LogP contribution in [0.1, 0.15) is 414 Å². The van der Waals surface area contributed by atoms with Gasteiger partial charge in [-0.1, -0.05) is 363 Å². The summed E-state index contributed by atoms with van der Waals surface area (Å²) in [5.41, 5.74) is 0. The average molecular weight is 1450 g/mol. The van der Waals surface area contributed by atoms with Crippen molar-refractivity contribution in [3.8, 4) is 0 Å². The molecular weight excluding hydrogens is 1290 g/mol. The fourth-order valence-corrected chi connectivity index (χ4v) is 13.9. The van der Waals surface area contributed by atoms with Crippen molar-refractivity contribution in [1.29, 1.82) is 0 Å². The molecule has 0 aliphatic rings. The highest BCUT2D eigenvalue weighted by atomic mass is 31.2. The van der Waals surface area contributed by atoms with Gasteiger partial charge in [0.1, 0.15) is 19.3 Å². The Morgan fingerprint density at radius 2 is 0.465 bits per heavy atom. The van der Waals surface area contributed by atoms with Gasteiger partial charge in [-0.25, -0.2) is 9.13 Å². The summed E-state index contributed by atoms with van der Waals surface area (Å²) < 4.78 is 68.4. The molecule has 0 fully saturated rings. The molecule has 0 saturated heterocycles. The molecule has 0 amide bonds. The molecule has 0 radical (unpaired) electrons. The van der Waals surface area contributed by atoms with Gasteiger partial charge >= 0.3 is 39.5 Å². The van der Waals surface area contributed by atoms with E-state index in [1.54, 1.807) is 0 Å². The number of aliphatic hydroxyl groups excluding tert-OH is 1. The maximum Gasteiger partial charge on any atom is 0.472 e. The van der Waals surface area contributed by atoms with Crippen molar-refractivity contribution in [2.24, 2.45) is 17.8 Å². The lowest BCUT2D eigenvalue weighted by Crippen LogP contribution is -2.30. The highest BCUT2D eigenvalue weighted by Gasteiger charge is 2.30. The van der Waals surface area contributed by atoms with Gasteiger partial charge in [-0.05, 0) is 43.4 Å². The van der Waals surface area contributed by atoms with Crippen molar-refractivity contribution in [2.45, 2.75) is 433 Å². The third-order valence-corrected chi connectivity index (χ3v) is 20.5. The number of hydrogen-bond donors (Lipinski definition) is 3. The Hall–Kier alpha value is -1.94. The van der Waals surface area contributed by atoms with Crippen molar-refractivity contribution in [1.82, 2.24) is 0 Å². The first-order valence-corrected chi connectivity index (χ1v) is 44.3. The Morgan fingerprint density at radius 3 is 0.687 bits per heavy atom. The van der Waals surface area contributed by atoms with Crippen LogP contribution in [0, 0.1) is 17.8 Å². The number of hydrogen-bond acceptors (Lipinski definition) is 15. The second-order valence-corrected chi connectivity index (χ2v) is 33.1. The predicted molar refractivity (Wildman–Crippen MR) is 405 cm³/mol. The Bertz CT molecular complexity index is 1920. The lowest BCUT2D eigenvalue weighted by atomic mass is 10.0. The van der Waals surface area contributed by atoms with E-state index in [-0.39, 0.29) is 25.7 Å². The molecular formula is C80H156O17P2. The summed E-state index contributed by atoms with van der Waals surface area (Å²) in [4.78, 5) is 72.6. The fraction of sp³-hybridized carbons (Fsp3) is 0.950. The van der Waals surface area contributed by atoms with Gasteiger partial charge in [0.25, 0.3) is 0 Å². The molecule has 0 saturated carbocycles. The Morgan fingerprint density at radius 1 is 0.273 bits per heavy atom. The third kappa shape index (κ3) is 74.1. The Kier molecular flexibility index (Phi) is 69.0. The minimum atomic E-state index is -4.96. The number of rotatable bonds is 78. The molecule has 5 atom stereocenters. The monoisotopic (exact) mass is 1450 g/mol. The van der Waals surface area contributed by atoms with Gasteiger partial charge < -0.3 is 33.8 Å². The van der Waals surface area contributed by atoms with Crippen molar-refractivity contribution in [2.75, 3.05) is 39.6 Å². The predicted octanol–water partition coefficient (Wildman–Crippen LogP) is 23.7. The van der Waals surface area contributed by atoms with Crippen LogP contribution < -0.4 is 0 Å². The average Bonchev–Trinajstić information content (AvgIpc) is 1.07. The highest BCUT2D eigenvalue weighted by Crippen LogP contribution is 2.45. The quantitative estimate of drug-likeness (QED) is 0.0222. The molecule has 0 bridgehead atoms. The van der Waals surface area contributed by atoms with Crippen LogP contribution in [-0.2, 0) is 65.4 Å². The van der Waals surface area contributed by atoms with Gasteiger partial charge in [0, 0.05) is 25.7 Å². The second-order valence-electron chi connectivity index (χ2n) is 30.2. The van der Waals surface area contributed by atoms with E-state index in [2.05, 4.69) is 48.5 Å². The number of unbranched alkanes of at least 4 members (excludes halogenated alkanes) is 46. The zero-order valence-electron chi connectivity index (χ0n) is 65.0. The second kappa shape index (κ2) is 70.4. The summed E-state index contributed by atoms with van der Waals surface area (Å²) in [7, 11) is -9.91. The van der Waals surface area contributed by atoms with Gasteiger partial charge in [-0.2, -0.15) is 0 Å². The molecule has 0 aromatic rings. The van der Waals surface area contributed by atoms with E-state index in [0.29, 0.717) is 25.7 Å². The molecule has 0 aliphatic carbocycles. The van der Waals surface area contributed by atoms with Crippen LogP contribution in [0.2, 0.25) is 0 Å². The van der Waals surface area contributed by atoms with Crippen LogP contribution in [-0.4, -0.2) is 96.7 Å². The molecule has 3 N–H and O–H groups in total. The lowest BCUT2D eigenvalue weighted by molar-refractivity contribution is -0.161. The van der Waals surface area contributed by atoms with Gasteiger partial charge in [0.2, 0.25) is 0 Å². The number of aliphatic hydroxyl groups is 1. The number of carbonyl (C=O) groups is 4. The minimum Gasteiger partial charge on any atom is -0.462 e. The van der Waals surface area contributed by atoms with E-state index in [9.17, 15) is 43.2 Å². The van der Waals surface area contributed by atoms with Crippen LogP contribution in [0.15, 0.2) is 0 Å². The van der Waals surface area contributed by atoms with Crippen molar-refractivity contribution in [3.63, 3.8) is 0 Å². The molecule has 0 aromatic carbocycles. The first-order valence-electron chi connectivity index (χ1n) is 41.3. The van der Waals surface area contributed by atoms with Gasteiger partial charge in [-0.15, -0.1) is 0 Å². The fourth-order valence-electron chi connectivity index (χ4n) is 12.3. The number of phosphoric ester groups is 2. The highest BCUT2D eigenvalue weighted by molar-refractivity contribution is 7.47. The smallest absolute Gasteiger partial charge is 0.462 e. The van der Waals surface area contributed by atoms with E-state index in [4.69, 9.17) is 37.0 Å². The number of esters is 4. The van der Waals surface area contributed by atoms with E-state index >= 15 is 0 Å². The molecule has 0 spiro atoms. The van der Waals surface area contributed by atoms with Crippen LogP contribution >= 0.6 is 15.6 Å². The minimum absolute atomic E-state index is 0.104. The van der Waals surface area contributed by atoms with Gasteiger partial charge in [0.15, 0.2) is 12.2 Å². The maximum absolute atomic E-state index is 13.1. The van der Waals surface area contributed by atoms with Crippen molar-refractivity contribution >= 4 is 39.5 Å². The molecule has 588 valence electrons. The van der Waals surface area contributed by atoms with Crippen LogP contribution in [0.25, 0.3) is 0 Å². The van der Waals surface area contributed by atoms with Crippen LogP contribution in [0.5, 0.6) is 0 Å². The number of ether oxygens (including phenoxy) is 4. The Balaban J connectivity index is 5.11.